The summed E-state index contributed by atoms with van der Waals surface area (Å²) in [6.45, 7) is -0.430. The summed E-state index contributed by atoms with van der Waals surface area (Å²) in [5.74, 6) is -0.470. The number of carbonyl (C=O) groups excluding carboxylic acids is 2. The van der Waals surface area contributed by atoms with Crippen molar-refractivity contribution in [3.8, 4) is 5.75 Å². The molecule has 0 aliphatic heterocycles. The first-order chi connectivity index (χ1) is 12.0. The van der Waals surface area contributed by atoms with Crippen molar-refractivity contribution in [1.82, 2.24) is 0 Å². The summed E-state index contributed by atoms with van der Waals surface area (Å²) < 4.78 is 9.97. The molecule has 0 radical (unpaired) electrons. The van der Waals surface area contributed by atoms with Crippen LogP contribution in [0.15, 0.2) is 48.5 Å². The van der Waals surface area contributed by atoms with Crippen molar-refractivity contribution in [2.75, 3.05) is 19.0 Å². The predicted molar refractivity (Wildman–Crippen MR) is 98.1 cm³/mol. The van der Waals surface area contributed by atoms with Crippen LogP contribution in [0, 0.1) is 0 Å². The van der Waals surface area contributed by atoms with E-state index >= 15 is 0 Å². The smallest absolute Gasteiger partial charge is 0.331 e. The SMILES string of the molecule is COc1cccc(/C=C/C(=O)OCC(=O)Nc2ccc(Cl)cc2Cl)c1. The monoisotopic (exact) mass is 379 g/mol. The van der Waals surface area contributed by atoms with Crippen molar-refractivity contribution in [3.05, 3.63) is 64.1 Å². The molecule has 0 heterocycles. The Balaban J connectivity index is 1.84. The Morgan fingerprint density at radius 1 is 1.16 bits per heavy atom. The van der Waals surface area contributed by atoms with Crippen LogP contribution in [0.25, 0.3) is 6.08 Å². The molecule has 0 bridgehead atoms. The molecule has 25 heavy (non-hydrogen) atoms. The lowest BCUT2D eigenvalue weighted by molar-refractivity contribution is -0.142. The fourth-order valence-corrected chi connectivity index (χ4v) is 2.33. The molecule has 0 aromatic heterocycles. The largest absolute Gasteiger partial charge is 0.497 e. The van der Waals surface area contributed by atoms with E-state index in [2.05, 4.69) is 5.32 Å². The topological polar surface area (TPSA) is 64.6 Å². The molecule has 0 aliphatic rings. The number of ether oxygens (including phenoxy) is 2. The molecule has 0 atom stereocenters. The van der Waals surface area contributed by atoms with Gasteiger partial charge in [0.1, 0.15) is 5.75 Å². The van der Waals surface area contributed by atoms with Crippen LogP contribution in [0.4, 0.5) is 5.69 Å². The van der Waals surface area contributed by atoms with E-state index in [-0.39, 0.29) is 0 Å². The second-order valence-corrected chi connectivity index (χ2v) is 5.73. The van der Waals surface area contributed by atoms with Gasteiger partial charge in [0.05, 0.1) is 17.8 Å². The quantitative estimate of drug-likeness (QED) is 0.603. The van der Waals surface area contributed by atoms with Crippen molar-refractivity contribution >= 4 is 46.8 Å². The standard InChI is InChI=1S/C18H15Cl2NO4/c1-24-14-4-2-3-12(9-14)5-8-18(23)25-11-17(22)21-16-7-6-13(19)10-15(16)20/h2-10H,11H2,1H3,(H,21,22)/b8-5+. The van der Waals surface area contributed by atoms with Gasteiger partial charge in [0, 0.05) is 11.1 Å². The highest BCUT2D eigenvalue weighted by atomic mass is 35.5. The van der Waals surface area contributed by atoms with Gasteiger partial charge in [-0.15, -0.1) is 0 Å². The zero-order valence-corrected chi connectivity index (χ0v) is 14.8. The Labute approximate surface area is 155 Å². The minimum Gasteiger partial charge on any atom is -0.497 e. The van der Waals surface area contributed by atoms with Gasteiger partial charge in [0.25, 0.3) is 5.91 Å². The molecule has 5 nitrogen and oxygen atoms in total. The molecule has 1 N–H and O–H groups in total. The first kappa shape index (κ1) is 18.8. The summed E-state index contributed by atoms with van der Waals surface area (Å²) in [5.41, 5.74) is 1.16. The second-order valence-electron chi connectivity index (χ2n) is 4.89. The highest BCUT2D eigenvalue weighted by Gasteiger charge is 2.08. The summed E-state index contributed by atoms with van der Waals surface area (Å²) in [7, 11) is 1.56. The molecule has 1 amide bonds. The van der Waals surface area contributed by atoms with Crippen molar-refractivity contribution < 1.29 is 19.1 Å². The van der Waals surface area contributed by atoms with Crippen LogP contribution in [0.1, 0.15) is 5.56 Å². The third kappa shape index (κ3) is 6.14. The number of amides is 1. The maximum Gasteiger partial charge on any atom is 0.331 e. The predicted octanol–water partition coefficient (Wildman–Crippen LogP) is 4.20. The molecule has 2 aromatic rings. The summed E-state index contributed by atoms with van der Waals surface area (Å²) in [4.78, 5) is 23.5. The van der Waals surface area contributed by atoms with E-state index in [0.717, 1.165) is 5.56 Å². The van der Waals surface area contributed by atoms with E-state index in [1.165, 1.54) is 12.1 Å². The van der Waals surface area contributed by atoms with E-state index in [4.69, 9.17) is 32.7 Å². The number of rotatable bonds is 6. The Hall–Kier alpha value is -2.50. The van der Waals surface area contributed by atoms with Crippen molar-refractivity contribution in [2.45, 2.75) is 0 Å². The number of carbonyl (C=O) groups is 2. The molecule has 0 saturated carbocycles. The van der Waals surface area contributed by atoms with Crippen LogP contribution in [-0.4, -0.2) is 25.6 Å². The summed E-state index contributed by atoms with van der Waals surface area (Å²) in [5, 5.41) is 3.29. The summed E-state index contributed by atoms with van der Waals surface area (Å²) in [6, 6.07) is 11.8. The maximum absolute atomic E-state index is 11.8. The van der Waals surface area contributed by atoms with Gasteiger partial charge >= 0.3 is 5.97 Å². The van der Waals surface area contributed by atoms with Gasteiger partial charge in [-0.1, -0.05) is 35.3 Å². The van der Waals surface area contributed by atoms with E-state index in [1.807, 2.05) is 6.07 Å². The average Bonchev–Trinajstić information content (AvgIpc) is 2.60. The fraction of sp³-hybridized carbons (Fsp3) is 0.111. The third-order valence-electron chi connectivity index (χ3n) is 3.06. The van der Waals surface area contributed by atoms with E-state index < -0.39 is 18.5 Å². The zero-order chi connectivity index (χ0) is 18.2. The first-order valence-electron chi connectivity index (χ1n) is 7.22. The summed E-state index contributed by atoms with van der Waals surface area (Å²) in [6.07, 6.45) is 2.80. The molecule has 130 valence electrons. The highest BCUT2D eigenvalue weighted by molar-refractivity contribution is 6.36. The van der Waals surface area contributed by atoms with Crippen LogP contribution in [0.3, 0.4) is 0 Å². The van der Waals surface area contributed by atoms with Crippen molar-refractivity contribution in [1.29, 1.82) is 0 Å². The lowest BCUT2D eigenvalue weighted by atomic mass is 10.2. The Morgan fingerprint density at radius 3 is 2.68 bits per heavy atom. The number of halogens is 2. The highest BCUT2D eigenvalue weighted by Crippen LogP contribution is 2.25. The van der Waals surface area contributed by atoms with Gasteiger partial charge in [-0.25, -0.2) is 4.79 Å². The molecular formula is C18H15Cl2NO4. The molecule has 0 spiro atoms. The van der Waals surface area contributed by atoms with Crippen molar-refractivity contribution in [2.24, 2.45) is 0 Å². The Bertz CT molecular complexity index is 805. The van der Waals surface area contributed by atoms with Crippen molar-refractivity contribution in [3.63, 3.8) is 0 Å². The number of benzene rings is 2. The maximum atomic E-state index is 11.8. The van der Waals surface area contributed by atoms with Crippen LogP contribution in [0.2, 0.25) is 10.0 Å². The first-order valence-corrected chi connectivity index (χ1v) is 7.97. The van der Waals surface area contributed by atoms with Gasteiger partial charge in [-0.05, 0) is 42.0 Å². The normalized spacial score (nSPS) is 10.5. The molecule has 0 fully saturated rings. The number of methoxy groups -OCH3 is 1. The molecule has 2 rings (SSSR count). The van der Waals surface area contributed by atoms with Gasteiger partial charge in [-0.3, -0.25) is 4.79 Å². The molecular weight excluding hydrogens is 365 g/mol. The van der Waals surface area contributed by atoms with Crippen LogP contribution in [-0.2, 0) is 14.3 Å². The fourth-order valence-electron chi connectivity index (χ4n) is 1.87. The lowest BCUT2D eigenvalue weighted by Gasteiger charge is -2.07. The number of hydrogen-bond acceptors (Lipinski definition) is 4. The van der Waals surface area contributed by atoms with Crippen LogP contribution < -0.4 is 10.1 Å². The van der Waals surface area contributed by atoms with Gasteiger partial charge < -0.3 is 14.8 Å². The minimum atomic E-state index is -0.639. The second kappa shape index (κ2) is 9.11. The number of esters is 1. The molecule has 0 saturated heterocycles. The van der Waals surface area contributed by atoms with E-state index in [0.29, 0.717) is 21.5 Å². The molecule has 0 aliphatic carbocycles. The van der Waals surface area contributed by atoms with Crippen LogP contribution in [0.5, 0.6) is 5.75 Å². The van der Waals surface area contributed by atoms with Gasteiger partial charge in [0.15, 0.2) is 6.61 Å². The number of nitrogens with one attached hydrogen (secondary N) is 1. The zero-order valence-electron chi connectivity index (χ0n) is 13.3. The third-order valence-corrected chi connectivity index (χ3v) is 3.60. The van der Waals surface area contributed by atoms with E-state index in [1.54, 1.807) is 43.5 Å². The minimum absolute atomic E-state index is 0.296. The molecule has 2 aromatic carbocycles. The number of anilines is 1. The Morgan fingerprint density at radius 2 is 1.96 bits per heavy atom. The lowest BCUT2D eigenvalue weighted by Crippen LogP contribution is -2.20. The summed E-state index contributed by atoms with van der Waals surface area (Å²) >= 11 is 11.7. The van der Waals surface area contributed by atoms with Gasteiger partial charge in [-0.2, -0.15) is 0 Å². The Kier molecular flexibility index (Phi) is 6.86. The average molecular weight is 380 g/mol. The number of hydrogen-bond donors (Lipinski definition) is 1. The molecule has 0 unspecified atom stereocenters. The molecule has 7 heteroatoms. The van der Waals surface area contributed by atoms with E-state index in [9.17, 15) is 9.59 Å². The van der Waals surface area contributed by atoms with Crippen LogP contribution >= 0.6 is 23.2 Å². The van der Waals surface area contributed by atoms with Gasteiger partial charge in [0.2, 0.25) is 0 Å².